The molecule has 3 aromatic carbocycles. The van der Waals surface area contributed by atoms with E-state index >= 15 is 0 Å². The van der Waals surface area contributed by atoms with Crippen LogP contribution in [0.2, 0.25) is 0 Å². The highest BCUT2D eigenvalue weighted by Gasteiger charge is 2.20. The molecule has 0 spiro atoms. The molecule has 0 amide bonds. The van der Waals surface area contributed by atoms with Crippen LogP contribution in [-0.2, 0) is 9.84 Å². The summed E-state index contributed by atoms with van der Waals surface area (Å²) in [4.78, 5) is 0.710. The maximum Gasteiger partial charge on any atom is 0.206 e. The van der Waals surface area contributed by atoms with Crippen molar-refractivity contribution in [2.45, 2.75) is 19.6 Å². The minimum absolute atomic E-state index is 0.0414. The van der Waals surface area contributed by atoms with Crippen LogP contribution in [0.3, 0.4) is 0 Å². The highest BCUT2D eigenvalue weighted by molar-refractivity contribution is 7.91. The zero-order valence-electron chi connectivity index (χ0n) is 12.8. The smallest absolute Gasteiger partial charge is 0.206 e. The fourth-order valence-electron chi connectivity index (χ4n) is 2.17. The summed E-state index contributed by atoms with van der Waals surface area (Å²) < 4.78 is 31.2. The molecule has 25 heavy (non-hydrogen) atoms. The Balaban J connectivity index is 1.95. The van der Waals surface area contributed by atoms with Gasteiger partial charge in [0.25, 0.3) is 0 Å². The van der Waals surface area contributed by atoms with E-state index in [1.165, 1.54) is 30.3 Å². The van der Waals surface area contributed by atoms with Crippen molar-refractivity contribution in [1.82, 2.24) is 0 Å². The van der Waals surface area contributed by atoms with Gasteiger partial charge in [0.05, 0.1) is 9.79 Å². The second-order valence-corrected chi connectivity index (χ2v) is 8.11. The molecule has 0 saturated heterocycles. The van der Waals surface area contributed by atoms with E-state index < -0.39 is 9.84 Å². The standard InChI is InChI=1S/C18H14O4S3/c19-15-8-6-13(10-17(15)23)25(20,21)14-7-9-16(18(24)11-14)22-12-4-2-1-3-5-12/h1-11,19,23-24H. The minimum atomic E-state index is -3.75. The molecular weight excluding hydrogens is 376 g/mol. The average molecular weight is 391 g/mol. The van der Waals surface area contributed by atoms with Gasteiger partial charge < -0.3 is 9.84 Å². The molecule has 3 rings (SSSR count). The van der Waals surface area contributed by atoms with Gasteiger partial charge in [-0.2, -0.15) is 0 Å². The van der Waals surface area contributed by atoms with Gasteiger partial charge in [0.2, 0.25) is 9.84 Å². The number of ether oxygens (including phenoxy) is 1. The summed E-state index contributed by atoms with van der Waals surface area (Å²) in [5.41, 5.74) is 0. The van der Waals surface area contributed by atoms with Crippen LogP contribution in [0.5, 0.6) is 17.2 Å². The molecule has 4 nitrogen and oxygen atoms in total. The molecule has 0 aliphatic carbocycles. The van der Waals surface area contributed by atoms with Crippen molar-refractivity contribution in [2.75, 3.05) is 0 Å². The Labute approximate surface area is 156 Å². The monoisotopic (exact) mass is 390 g/mol. The summed E-state index contributed by atoms with van der Waals surface area (Å²) in [6, 6.07) is 17.5. The first kappa shape index (κ1) is 17.7. The molecule has 0 aliphatic rings. The molecule has 0 radical (unpaired) electrons. The molecule has 0 saturated carbocycles. The van der Waals surface area contributed by atoms with E-state index in [4.69, 9.17) is 4.74 Å². The number of hydrogen-bond donors (Lipinski definition) is 3. The lowest BCUT2D eigenvalue weighted by atomic mass is 10.3. The van der Waals surface area contributed by atoms with E-state index in [1.807, 2.05) is 18.2 Å². The molecule has 0 aromatic heterocycles. The van der Waals surface area contributed by atoms with Gasteiger partial charge in [-0.25, -0.2) is 8.42 Å². The molecule has 0 heterocycles. The first-order chi connectivity index (χ1) is 11.9. The summed E-state index contributed by atoms with van der Waals surface area (Å²) in [6.45, 7) is 0. The molecular formula is C18H14O4S3. The van der Waals surface area contributed by atoms with Gasteiger partial charge in [0, 0.05) is 9.79 Å². The largest absolute Gasteiger partial charge is 0.507 e. The van der Waals surface area contributed by atoms with Crippen LogP contribution < -0.4 is 4.74 Å². The van der Waals surface area contributed by atoms with Gasteiger partial charge in [-0.05, 0) is 48.5 Å². The second-order valence-electron chi connectivity index (χ2n) is 5.20. The summed E-state index contributed by atoms with van der Waals surface area (Å²) in [7, 11) is -3.75. The summed E-state index contributed by atoms with van der Waals surface area (Å²) >= 11 is 8.39. The first-order valence-corrected chi connectivity index (χ1v) is 9.58. The van der Waals surface area contributed by atoms with E-state index in [0.717, 1.165) is 0 Å². The lowest BCUT2D eigenvalue weighted by molar-refractivity contribution is 0.462. The third-order valence-corrected chi connectivity index (χ3v) is 5.93. The van der Waals surface area contributed by atoms with E-state index in [1.54, 1.807) is 18.2 Å². The van der Waals surface area contributed by atoms with E-state index in [2.05, 4.69) is 25.3 Å². The Morgan fingerprint density at radius 3 is 2.00 bits per heavy atom. The van der Waals surface area contributed by atoms with Crippen molar-refractivity contribution in [3.8, 4) is 17.2 Å². The molecule has 128 valence electrons. The predicted molar refractivity (Wildman–Crippen MR) is 101 cm³/mol. The highest BCUT2D eigenvalue weighted by atomic mass is 32.2. The Bertz CT molecular complexity index is 1020. The zero-order valence-corrected chi connectivity index (χ0v) is 15.4. The van der Waals surface area contributed by atoms with Crippen LogP contribution in [0.4, 0.5) is 0 Å². The highest BCUT2D eigenvalue weighted by Crippen LogP contribution is 2.33. The molecule has 1 N–H and O–H groups in total. The normalized spacial score (nSPS) is 11.3. The second kappa shape index (κ2) is 7.03. The van der Waals surface area contributed by atoms with Gasteiger partial charge >= 0.3 is 0 Å². The number of aromatic hydroxyl groups is 1. The van der Waals surface area contributed by atoms with Gasteiger partial charge in [-0.15, -0.1) is 25.3 Å². The van der Waals surface area contributed by atoms with Gasteiger partial charge in [0.1, 0.15) is 17.2 Å². The fourth-order valence-corrected chi connectivity index (χ4v) is 4.13. The van der Waals surface area contributed by atoms with Crippen molar-refractivity contribution >= 4 is 35.1 Å². The van der Waals surface area contributed by atoms with E-state index in [0.29, 0.717) is 16.4 Å². The van der Waals surface area contributed by atoms with E-state index in [9.17, 15) is 13.5 Å². The Hall–Kier alpha value is -2.09. The van der Waals surface area contributed by atoms with Crippen LogP contribution in [-0.4, -0.2) is 13.5 Å². The molecule has 3 aromatic rings. The lowest BCUT2D eigenvalue weighted by Gasteiger charge is -2.11. The minimum Gasteiger partial charge on any atom is -0.507 e. The number of para-hydroxylation sites is 1. The van der Waals surface area contributed by atoms with Gasteiger partial charge in [0.15, 0.2) is 0 Å². The molecule has 0 bridgehead atoms. The molecule has 0 fully saturated rings. The topological polar surface area (TPSA) is 63.6 Å². The van der Waals surface area contributed by atoms with Crippen molar-refractivity contribution in [3.05, 3.63) is 66.7 Å². The molecule has 0 unspecified atom stereocenters. The Kier molecular flexibility index (Phi) is 4.99. The number of hydrogen-bond acceptors (Lipinski definition) is 6. The predicted octanol–water partition coefficient (Wildman–Crippen LogP) is 4.59. The quantitative estimate of drug-likeness (QED) is 0.570. The fraction of sp³-hybridized carbons (Fsp3) is 0. The summed E-state index contributed by atoms with van der Waals surface area (Å²) in [6.07, 6.45) is 0. The summed E-state index contributed by atoms with van der Waals surface area (Å²) in [5.74, 6) is 1.00. The number of phenolic OH excluding ortho intramolecular Hbond substituents is 1. The van der Waals surface area contributed by atoms with Crippen LogP contribution >= 0.6 is 25.3 Å². The van der Waals surface area contributed by atoms with Crippen molar-refractivity contribution in [1.29, 1.82) is 0 Å². The van der Waals surface area contributed by atoms with Crippen molar-refractivity contribution < 1.29 is 18.3 Å². The summed E-state index contributed by atoms with van der Waals surface area (Å²) in [5, 5.41) is 9.50. The van der Waals surface area contributed by atoms with Gasteiger partial charge in [-0.1, -0.05) is 18.2 Å². The third kappa shape index (κ3) is 3.78. The van der Waals surface area contributed by atoms with Crippen LogP contribution in [0.15, 0.2) is 86.3 Å². The van der Waals surface area contributed by atoms with Crippen molar-refractivity contribution in [3.63, 3.8) is 0 Å². The average Bonchev–Trinajstić information content (AvgIpc) is 2.60. The molecule has 0 aliphatic heterocycles. The maximum absolute atomic E-state index is 12.7. The Morgan fingerprint density at radius 1 is 0.800 bits per heavy atom. The number of phenols is 1. The number of rotatable bonds is 4. The van der Waals surface area contributed by atoms with Crippen LogP contribution in [0.25, 0.3) is 0 Å². The van der Waals surface area contributed by atoms with Crippen LogP contribution in [0, 0.1) is 0 Å². The van der Waals surface area contributed by atoms with Gasteiger partial charge in [-0.3, -0.25) is 0 Å². The first-order valence-electron chi connectivity index (χ1n) is 7.21. The number of sulfone groups is 1. The van der Waals surface area contributed by atoms with Crippen LogP contribution in [0.1, 0.15) is 0 Å². The maximum atomic E-state index is 12.7. The molecule has 7 heteroatoms. The third-order valence-electron chi connectivity index (χ3n) is 3.47. The van der Waals surface area contributed by atoms with E-state index in [-0.39, 0.29) is 20.4 Å². The SMILES string of the molecule is O=S(=O)(c1ccc(O)c(S)c1)c1ccc(Oc2ccccc2)c(S)c1. The lowest BCUT2D eigenvalue weighted by Crippen LogP contribution is -2.02. The number of thiol groups is 2. The van der Waals surface area contributed by atoms with Crippen molar-refractivity contribution in [2.24, 2.45) is 0 Å². The number of benzene rings is 3. The Morgan fingerprint density at radius 2 is 1.40 bits per heavy atom. The zero-order chi connectivity index (χ0) is 18.0. The molecule has 0 atom stereocenters.